The molecule has 7 heteroatoms. The molecule has 3 rings (SSSR count). The van der Waals surface area contributed by atoms with Crippen molar-refractivity contribution in [3.8, 4) is 0 Å². The van der Waals surface area contributed by atoms with E-state index in [-0.39, 0.29) is 17.3 Å². The van der Waals surface area contributed by atoms with Crippen LogP contribution in [-0.4, -0.2) is 29.9 Å². The molecule has 0 unspecified atom stereocenters. The Morgan fingerprint density at radius 3 is 2.67 bits per heavy atom. The summed E-state index contributed by atoms with van der Waals surface area (Å²) in [6.45, 7) is 1.55. The van der Waals surface area contributed by atoms with E-state index in [1.807, 2.05) is 0 Å². The highest BCUT2D eigenvalue weighted by Gasteiger charge is 2.31. The van der Waals surface area contributed by atoms with Gasteiger partial charge in [0.05, 0.1) is 12.7 Å². The summed E-state index contributed by atoms with van der Waals surface area (Å²) < 4.78 is 15.2. The molecule has 0 bridgehead atoms. The zero-order valence-electron chi connectivity index (χ0n) is 13.0. The third-order valence-electron chi connectivity index (χ3n) is 3.88. The normalized spacial score (nSPS) is 15.4. The molecule has 2 aromatic heterocycles. The van der Waals surface area contributed by atoms with Crippen LogP contribution in [-0.2, 0) is 11.2 Å². The minimum absolute atomic E-state index is 0.0425. The number of fused-ring (bicyclic) bond motifs is 1. The molecule has 2 aromatic rings. The largest absolute Gasteiger partial charge is 0.475 e. The molecule has 124 valence electrons. The molecule has 7 nitrogen and oxygen atoms in total. The first-order chi connectivity index (χ1) is 11.4. The van der Waals surface area contributed by atoms with Crippen molar-refractivity contribution in [1.82, 2.24) is 0 Å². The number of Topliss-reactive ketones (excluding diaryl/α,β-unsaturated/α-hetero) is 1. The number of rotatable bonds is 3. The minimum atomic E-state index is -1.20. The molecule has 1 aliphatic rings. The number of hydrogen-bond acceptors (Lipinski definition) is 6. The summed E-state index contributed by atoms with van der Waals surface area (Å²) in [4.78, 5) is 35.1. The lowest BCUT2D eigenvalue weighted by Gasteiger charge is -2.12. The van der Waals surface area contributed by atoms with E-state index in [0.29, 0.717) is 41.1 Å². The zero-order chi connectivity index (χ0) is 17.4. The van der Waals surface area contributed by atoms with Crippen molar-refractivity contribution < 1.29 is 33.1 Å². The van der Waals surface area contributed by atoms with E-state index < -0.39 is 11.9 Å². The molecule has 0 aromatic carbocycles. The first-order valence-corrected chi connectivity index (χ1v) is 7.21. The number of carbonyl (C=O) groups is 3. The third kappa shape index (κ3) is 2.54. The molecule has 0 saturated carbocycles. The lowest BCUT2D eigenvalue weighted by Crippen LogP contribution is -2.13. The quantitative estimate of drug-likeness (QED) is 0.681. The Labute approximate surface area is 136 Å². The molecular formula is C17H14O7. The number of esters is 1. The van der Waals surface area contributed by atoms with Crippen molar-refractivity contribution in [3.63, 3.8) is 0 Å². The molecule has 0 atom stereocenters. The van der Waals surface area contributed by atoms with Crippen LogP contribution in [0.4, 0.5) is 0 Å². The highest BCUT2D eigenvalue weighted by atomic mass is 16.5. The standard InChI is InChI=1S/C17H14O7/c1-8-13-11(24-15(8)16(19)20)5-3-9(14(13)18)7-10-4-6-12(23-10)17(21)22-2/h4,6-7H,3,5H2,1-2H3,(H,19,20). The van der Waals surface area contributed by atoms with Gasteiger partial charge in [0.25, 0.3) is 0 Å². The number of aryl methyl sites for hydroxylation is 1. The summed E-state index contributed by atoms with van der Waals surface area (Å²) >= 11 is 0. The smallest absolute Gasteiger partial charge is 0.373 e. The molecule has 0 saturated heterocycles. The summed E-state index contributed by atoms with van der Waals surface area (Å²) in [7, 11) is 1.25. The van der Waals surface area contributed by atoms with E-state index in [0.717, 1.165) is 0 Å². The summed E-state index contributed by atoms with van der Waals surface area (Å²) in [6, 6.07) is 3.02. The SMILES string of the molecule is COC(=O)c1ccc(C=C2CCc3oc(C(=O)O)c(C)c3C2=O)o1. The van der Waals surface area contributed by atoms with Gasteiger partial charge in [-0.3, -0.25) is 4.79 Å². The summed E-state index contributed by atoms with van der Waals surface area (Å²) in [5.74, 6) is -1.52. The fourth-order valence-electron chi connectivity index (χ4n) is 2.72. The van der Waals surface area contributed by atoms with E-state index in [9.17, 15) is 14.4 Å². The average molecular weight is 330 g/mol. The molecule has 0 radical (unpaired) electrons. The van der Waals surface area contributed by atoms with Crippen LogP contribution in [0.15, 0.2) is 26.5 Å². The number of carboxylic acid groups (broad SMARTS) is 1. The van der Waals surface area contributed by atoms with Gasteiger partial charge in [-0.2, -0.15) is 0 Å². The number of ether oxygens (including phenoxy) is 1. The number of allylic oxidation sites excluding steroid dienone is 1. The van der Waals surface area contributed by atoms with Gasteiger partial charge in [-0.15, -0.1) is 0 Å². The first-order valence-electron chi connectivity index (χ1n) is 7.21. The Kier molecular flexibility index (Phi) is 3.84. The Morgan fingerprint density at radius 1 is 1.25 bits per heavy atom. The van der Waals surface area contributed by atoms with Crippen molar-refractivity contribution in [3.05, 3.63) is 51.9 Å². The van der Waals surface area contributed by atoms with Gasteiger partial charge < -0.3 is 18.7 Å². The van der Waals surface area contributed by atoms with Gasteiger partial charge in [0.2, 0.25) is 11.5 Å². The number of methoxy groups -OCH3 is 1. The summed E-state index contributed by atoms with van der Waals surface area (Å²) in [5.41, 5.74) is 1.08. The van der Waals surface area contributed by atoms with Gasteiger partial charge in [-0.05, 0) is 31.6 Å². The number of furan rings is 2. The van der Waals surface area contributed by atoms with Crippen molar-refractivity contribution in [2.24, 2.45) is 0 Å². The maximum atomic E-state index is 12.6. The molecular weight excluding hydrogens is 316 g/mol. The van der Waals surface area contributed by atoms with Crippen LogP contribution in [0.25, 0.3) is 6.08 Å². The maximum absolute atomic E-state index is 12.6. The minimum Gasteiger partial charge on any atom is -0.475 e. The van der Waals surface area contributed by atoms with Crippen LogP contribution in [0.3, 0.4) is 0 Å². The fourth-order valence-corrected chi connectivity index (χ4v) is 2.72. The Hall–Kier alpha value is -3.09. The zero-order valence-corrected chi connectivity index (χ0v) is 13.0. The van der Waals surface area contributed by atoms with Gasteiger partial charge in [0, 0.05) is 17.6 Å². The molecule has 1 N–H and O–H groups in total. The lowest BCUT2D eigenvalue weighted by atomic mass is 9.89. The summed E-state index contributed by atoms with van der Waals surface area (Å²) in [6.07, 6.45) is 2.36. The van der Waals surface area contributed by atoms with Crippen molar-refractivity contribution in [2.45, 2.75) is 19.8 Å². The monoisotopic (exact) mass is 330 g/mol. The number of ketones is 1. The topological polar surface area (TPSA) is 107 Å². The van der Waals surface area contributed by atoms with Gasteiger partial charge in [-0.25, -0.2) is 9.59 Å². The number of carbonyl (C=O) groups excluding carboxylic acids is 2. The highest BCUT2D eigenvalue weighted by molar-refractivity contribution is 6.14. The van der Waals surface area contributed by atoms with E-state index in [4.69, 9.17) is 13.9 Å². The second-order valence-corrected chi connectivity index (χ2v) is 5.35. The van der Waals surface area contributed by atoms with Gasteiger partial charge >= 0.3 is 11.9 Å². The molecule has 0 aliphatic heterocycles. The van der Waals surface area contributed by atoms with Gasteiger partial charge in [0.1, 0.15) is 11.5 Å². The second-order valence-electron chi connectivity index (χ2n) is 5.35. The number of hydrogen-bond donors (Lipinski definition) is 1. The molecule has 24 heavy (non-hydrogen) atoms. The van der Waals surface area contributed by atoms with Crippen LogP contribution in [0.5, 0.6) is 0 Å². The number of carboxylic acids is 1. The highest BCUT2D eigenvalue weighted by Crippen LogP contribution is 2.32. The van der Waals surface area contributed by atoms with Crippen LogP contribution in [0.1, 0.15) is 55.0 Å². The second kappa shape index (κ2) is 5.84. The Bertz CT molecular complexity index is 879. The predicted octanol–water partition coefficient (Wildman–Crippen LogP) is 2.88. The Morgan fingerprint density at radius 2 is 2.00 bits per heavy atom. The maximum Gasteiger partial charge on any atom is 0.373 e. The van der Waals surface area contributed by atoms with E-state index in [1.165, 1.54) is 13.2 Å². The average Bonchev–Trinajstić information content (AvgIpc) is 3.14. The van der Waals surface area contributed by atoms with E-state index in [2.05, 4.69) is 4.74 Å². The molecule has 0 spiro atoms. The lowest BCUT2D eigenvalue weighted by molar-refractivity contribution is 0.0563. The fraction of sp³-hybridized carbons (Fsp3) is 0.235. The molecule has 0 amide bonds. The van der Waals surface area contributed by atoms with Crippen molar-refractivity contribution in [2.75, 3.05) is 7.11 Å². The third-order valence-corrected chi connectivity index (χ3v) is 3.88. The van der Waals surface area contributed by atoms with Gasteiger partial charge in [-0.1, -0.05) is 0 Å². The molecule has 2 heterocycles. The summed E-state index contributed by atoms with van der Waals surface area (Å²) in [5, 5.41) is 9.10. The van der Waals surface area contributed by atoms with Crippen LogP contribution >= 0.6 is 0 Å². The van der Waals surface area contributed by atoms with Crippen LogP contribution in [0.2, 0.25) is 0 Å². The van der Waals surface area contributed by atoms with Crippen LogP contribution < -0.4 is 0 Å². The molecule has 1 aliphatic carbocycles. The van der Waals surface area contributed by atoms with E-state index in [1.54, 1.807) is 19.1 Å². The first kappa shape index (κ1) is 15.8. The Balaban J connectivity index is 1.95. The number of aromatic carboxylic acids is 1. The van der Waals surface area contributed by atoms with Gasteiger partial charge in [0.15, 0.2) is 5.78 Å². The van der Waals surface area contributed by atoms with Crippen molar-refractivity contribution in [1.29, 1.82) is 0 Å². The van der Waals surface area contributed by atoms with E-state index >= 15 is 0 Å². The predicted molar refractivity (Wildman–Crippen MR) is 81.1 cm³/mol. The molecule has 0 fully saturated rings. The van der Waals surface area contributed by atoms with Crippen molar-refractivity contribution >= 4 is 23.8 Å². The van der Waals surface area contributed by atoms with Crippen LogP contribution in [0, 0.1) is 6.92 Å².